The van der Waals surface area contributed by atoms with Gasteiger partial charge in [-0.2, -0.15) is 0 Å². The van der Waals surface area contributed by atoms with Crippen LogP contribution >= 0.6 is 0 Å². The number of hydrogen-bond acceptors (Lipinski definition) is 4. The zero-order valence-corrected chi connectivity index (χ0v) is 11.5. The van der Waals surface area contributed by atoms with Crippen LogP contribution in [0.2, 0.25) is 0 Å². The Morgan fingerprint density at radius 2 is 1.95 bits per heavy atom. The molecule has 2 rings (SSSR count). The van der Waals surface area contributed by atoms with E-state index in [1.54, 1.807) is 13.2 Å². The summed E-state index contributed by atoms with van der Waals surface area (Å²) < 4.78 is 1.54. The number of carboxylic acids is 1. The Bertz CT molecular complexity index is 716. The number of nitrogens with zero attached hydrogens (tertiary/aromatic N) is 2. The number of aromatic nitrogens is 2. The summed E-state index contributed by atoms with van der Waals surface area (Å²) in [7, 11) is 1.66. The van der Waals surface area contributed by atoms with Crippen LogP contribution < -0.4 is 5.32 Å². The number of hydrogen-bond donors (Lipinski definition) is 2. The van der Waals surface area contributed by atoms with Crippen LogP contribution in [0.15, 0.2) is 30.6 Å². The molecule has 0 atom stereocenters. The lowest BCUT2D eigenvalue weighted by molar-refractivity contribution is 0.0696. The summed E-state index contributed by atoms with van der Waals surface area (Å²) in [5, 5.41) is 11.3. The first-order valence-electron chi connectivity index (χ1n) is 6.06. The van der Waals surface area contributed by atoms with Gasteiger partial charge in [0.05, 0.1) is 5.56 Å². The molecule has 0 aliphatic carbocycles. The van der Waals surface area contributed by atoms with Crippen molar-refractivity contribution in [2.24, 2.45) is 7.05 Å². The largest absolute Gasteiger partial charge is 0.478 e. The van der Waals surface area contributed by atoms with Crippen LogP contribution in [0.1, 0.15) is 38.1 Å². The van der Waals surface area contributed by atoms with Gasteiger partial charge < -0.3 is 15.0 Å². The molecule has 0 aliphatic rings. The first-order chi connectivity index (χ1) is 9.88. The molecule has 108 valence electrons. The molecule has 0 fully saturated rings. The molecule has 0 aliphatic heterocycles. The van der Waals surface area contributed by atoms with Gasteiger partial charge in [0.25, 0.3) is 5.91 Å². The summed E-state index contributed by atoms with van der Waals surface area (Å²) in [6.45, 7) is 1.42. The SMILES string of the molecule is CC(=O)c1cc(C(=O)Nc2ccc(C(=O)O)cn2)n(C)c1. The fourth-order valence-corrected chi connectivity index (χ4v) is 1.76. The highest BCUT2D eigenvalue weighted by Crippen LogP contribution is 2.11. The van der Waals surface area contributed by atoms with Crippen molar-refractivity contribution in [2.45, 2.75) is 6.92 Å². The first kappa shape index (κ1) is 14.4. The van der Waals surface area contributed by atoms with Crippen LogP contribution in [0, 0.1) is 0 Å². The molecular formula is C14H13N3O4. The van der Waals surface area contributed by atoms with Crippen molar-refractivity contribution in [2.75, 3.05) is 5.32 Å². The van der Waals surface area contributed by atoms with Crippen LogP contribution in [0.25, 0.3) is 0 Å². The van der Waals surface area contributed by atoms with E-state index in [4.69, 9.17) is 5.11 Å². The molecule has 0 unspecified atom stereocenters. The molecule has 21 heavy (non-hydrogen) atoms. The van der Waals surface area contributed by atoms with Gasteiger partial charge in [-0.3, -0.25) is 9.59 Å². The smallest absolute Gasteiger partial charge is 0.337 e. The third kappa shape index (κ3) is 3.14. The minimum absolute atomic E-state index is 0.0331. The van der Waals surface area contributed by atoms with Gasteiger partial charge in [0.1, 0.15) is 11.5 Å². The monoisotopic (exact) mass is 287 g/mol. The molecule has 2 aromatic rings. The molecule has 7 heteroatoms. The molecule has 1 amide bonds. The number of aryl methyl sites for hydroxylation is 1. The topological polar surface area (TPSA) is 101 Å². The lowest BCUT2D eigenvalue weighted by atomic mass is 10.2. The number of pyridine rings is 1. The number of rotatable bonds is 4. The second-order valence-corrected chi connectivity index (χ2v) is 4.47. The average molecular weight is 287 g/mol. The number of anilines is 1. The number of carbonyl (C=O) groups excluding carboxylic acids is 2. The Kier molecular flexibility index (Phi) is 3.84. The molecule has 0 bridgehead atoms. The van der Waals surface area contributed by atoms with Crippen molar-refractivity contribution in [3.8, 4) is 0 Å². The maximum atomic E-state index is 12.1. The second kappa shape index (κ2) is 5.58. The van der Waals surface area contributed by atoms with E-state index < -0.39 is 11.9 Å². The maximum Gasteiger partial charge on any atom is 0.337 e. The third-order valence-corrected chi connectivity index (χ3v) is 2.90. The second-order valence-electron chi connectivity index (χ2n) is 4.47. The van der Waals surface area contributed by atoms with Gasteiger partial charge >= 0.3 is 5.97 Å². The van der Waals surface area contributed by atoms with Crippen molar-refractivity contribution < 1.29 is 19.5 Å². The Hall–Kier alpha value is -2.96. The standard InChI is InChI=1S/C14H13N3O4/c1-8(18)10-5-11(17(2)7-10)13(19)16-12-4-3-9(6-15-12)14(20)21/h3-7H,1-2H3,(H,20,21)(H,15,16,19). The van der Waals surface area contributed by atoms with E-state index in [0.717, 1.165) is 6.20 Å². The van der Waals surface area contributed by atoms with Gasteiger partial charge in [-0.15, -0.1) is 0 Å². The fraction of sp³-hybridized carbons (Fsp3) is 0.143. The van der Waals surface area contributed by atoms with E-state index in [-0.39, 0.29) is 17.2 Å². The number of ketones is 1. The Morgan fingerprint density at radius 3 is 2.43 bits per heavy atom. The fourth-order valence-electron chi connectivity index (χ4n) is 1.76. The van der Waals surface area contributed by atoms with Gasteiger partial charge in [0.2, 0.25) is 0 Å². The van der Waals surface area contributed by atoms with Gasteiger partial charge in [0, 0.05) is 25.0 Å². The van der Waals surface area contributed by atoms with E-state index >= 15 is 0 Å². The normalized spacial score (nSPS) is 10.2. The van der Waals surface area contributed by atoms with Crippen LogP contribution in [-0.2, 0) is 7.05 Å². The van der Waals surface area contributed by atoms with Crippen molar-refractivity contribution in [1.82, 2.24) is 9.55 Å². The number of carboxylic acid groups (broad SMARTS) is 1. The predicted molar refractivity (Wildman–Crippen MR) is 74.6 cm³/mol. The third-order valence-electron chi connectivity index (χ3n) is 2.90. The molecular weight excluding hydrogens is 274 g/mol. The molecule has 2 heterocycles. The zero-order valence-electron chi connectivity index (χ0n) is 11.5. The highest BCUT2D eigenvalue weighted by molar-refractivity contribution is 6.05. The highest BCUT2D eigenvalue weighted by Gasteiger charge is 2.14. The van der Waals surface area contributed by atoms with Crippen molar-refractivity contribution in [3.05, 3.63) is 47.4 Å². The molecule has 2 aromatic heterocycles. The van der Waals surface area contributed by atoms with E-state index in [2.05, 4.69) is 10.3 Å². The summed E-state index contributed by atoms with van der Waals surface area (Å²) in [5.41, 5.74) is 0.784. The predicted octanol–water partition coefficient (Wildman–Crippen LogP) is 1.57. The molecule has 0 radical (unpaired) electrons. The molecule has 0 saturated heterocycles. The highest BCUT2D eigenvalue weighted by atomic mass is 16.4. The van der Waals surface area contributed by atoms with Crippen molar-refractivity contribution in [1.29, 1.82) is 0 Å². The molecule has 0 aromatic carbocycles. The van der Waals surface area contributed by atoms with E-state index in [9.17, 15) is 14.4 Å². The average Bonchev–Trinajstić information content (AvgIpc) is 2.81. The van der Waals surface area contributed by atoms with Crippen LogP contribution in [0.5, 0.6) is 0 Å². The van der Waals surface area contributed by atoms with Crippen LogP contribution in [-0.4, -0.2) is 32.3 Å². The zero-order chi connectivity index (χ0) is 15.6. The maximum absolute atomic E-state index is 12.1. The minimum atomic E-state index is -1.09. The van der Waals surface area contributed by atoms with Crippen molar-refractivity contribution >= 4 is 23.5 Å². The number of Topliss-reactive ketones (excluding diaryl/α,β-unsaturated/α-hetero) is 1. The van der Waals surface area contributed by atoms with E-state index in [0.29, 0.717) is 11.3 Å². The van der Waals surface area contributed by atoms with E-state index in [1.165, 1.54) is 29.7 Å². The molecule has 2 N–H and O–H groups in total. The van der Waals surface area contributed by atoms with Crippen LogP contribution in [0.3, 0.4) is 0 Å². The van der Waals surface area contributed by atoms with Gasteiger partial charge in [-0.25, -0.2) is 9.78 Å². The lowest BCUT2D eigenvalue weighted by Crippen LogP contribution is -2.16. The lowest BCUT2D eigenvalue weighted by Gasteiger charge is -2.05. The quantitative estimate of drug-likeness (QED) is 0.831. The number of nitrogens with one attached hydrogen (secondary N) is 1. The van der Waals surface area contributed by atoms with Gasteiger partial charge in [-0.1, -0.05) is 0 Å². The number of carbonyl (C=O) groups is 3. The van der Waals surface area contributed by atoms with Gasteiger partial charge in [0.15, 0.2) is 5.78 Å². The Balaban J connectivity index is 2.17. The van der Waals surface area contributed by atoms with E-state index in [1.807, 2.05) is 0 Å². The summed E-state index contributed by atoms with van der Waals surface area (Å²) in [6, 6.07) is 4.23. The molecule has 0 spiro atoms. The van der Waals surface area contributed by atoms with Crippen molar-refractivity contribution in [3.63, 3.8) is 0 Å². The first-order valence-corrected chi connectivity index (χ1v) is 6.06. The summed E-state index contributed by atoms with van der Waals surface area (Å²) >= 11 is 0. The Labute approximate surface area is 120 Å². The molecule has 7 nitrogen and oxygen atoms in total. The number of aromatic carboxylic acids is 1. The van der Waals surface area contributed by atoms with Gasteiger partial charge in [-0.05, 0) is 25.1 Å². The molecule has 0 saturated carbocycles. The number of amides is 1. The summed E-state index contributed by atoms with van der Waals surface area (Å²) in [6.07, 6.45) is 2.72. The summed E-state index contributed by atoms with van der Waals surface area (Å²) in [4.78, 5) is 37.9. The van der Waals surface area contributed by atoms with Crippen LogP contribution in [0.4, 0.5) is 5.82 Å². The minimum Gasteiger partial charge on any atom is -0.478 e. The Morgan fingerprint density at radius 1 is 1.24 bits per heavy atom. The summed E-state index contributed by atoms with van der Waals surface area (Å²) in [5.74, 6) is -1.42.